The molecular formula is C9H13F3N4O. The molecule has 0 atom stereocenters. The van der Waals surface area contributed by atoms with E-state index in [1.54, 1.807) is 6.92 Å². The maximum absolute atomic E-state index is 12.4. The Morgan fingerprint density at radius 2 is 2.06 bits per heavy atom. The van der Waals surface area contributed by atoms with Crippen molar-refractivity contribution in [3.8, 4) is 5.75 Å². The van der Waals surface area contributed by atoms with E-state index in [0.29, 0.717) is 0 Å². The van der Waals surface area contributed by atoms with Gasteiger partial charge in [-0.25, -0.2) is 9.97 Å². The first-order chi connectivity index (χ1) is 7.89. The zero-order valence-corrected chi connectivity index (χ0v) is 9.45. The van der Waals surface area contributed by atoms with Gasteiger partial charge in [-0.2, -0.15) is 13.2 Å². The number of rotatable bonds is 4. The van der Waals surface area contributed by atoms with Crippen LogP contribution in [-0.2, 0) is 0 Å². The molecule has 5 nitrogen and oxygen atoms in total. The van der Waals surface area contributed by atoms with Crippen molar-refractivity contribution in [3.05, 3.63) is 6.33 Å². The van der Waals surface area contributed by atoms with Gasteiger partial charge in [0.25, 0.3) is 0 Å². The Hall–Kier alpha value is -1.73. The molecule has 1 heterocycles. The summed E-state index contributed by atoms with van der Waals surface area (Å²) in [7, 11) is 1.31. The third-order valence-corrected chi connectivity index (χ3v) is 2.07. The third-order valence-electron chi connectivity index (χ3n) is 2.07. The zero-order chi connectivity index (χ0) is 13.1. The highest BCUT2D eigenvalue weighted by Crippen LogP contribution is 2.31. The molecule has 0 aliphatic carbocycles. The molecule has 0 fully saturated rings. The minimum absolute atomic E-state index is 0.0122. The van der Waals surface area contributed by atoms with E-state index in [2.05, 4.69) is 9.97 Å². The molecule has 0 saturated heterocycles. The molecule has 2 N–H and O–H groups in total. The van der Waals surface area contributed by atoms with Crippen molar-refractivity contribution in [1.29, 1.82) is 0 Å². The van der Waals surface area contributed by atoms with Crippen molar-refractivity contribution in [1.82, 2.24) is 9.97 Å². The lowest BCUT2D eigenvalue weighted by Crippen LogP contribution is -2.35. The molecule has 0 radical (unpaired) electrons. The van der Waals surface area contributed by atoms with Crippen LogP contribution in [0.15, 0.2) is 6.33 Å². The van der Waals surface area contributed by atoms with Gasteiger partial charge >= 0.3 is 6.18 Å². The van der Waals surface area contributed by atoms with E-state index >= 15 is 0 Å². The second-order valence-corrected chi connectivity index (χ2v) is 3.25. The number of nitrogens with zero attached hydrogens (tertiary/aromatic N) is 3. The topological polar surface area (TPSA) is 64.3 Å². The standard InChI is InChI=1S/C9H13F3N4O/c1-3-16(4-9(10,11)12)8-6(17-2)7(13)14-5-15-8/h5H,3-4H2,1-2H3,(H2,13,14,15). The number of methoxy groups -OCH3 is 1. The lowest BCUT2D eigenvalue weighted by molar-refractivity contribution is -0.119. The second-order valence-electron chi connectivity index (χ2n) is 3.25. The fourth-order valence-corrected chi connectivity index (χ4v) is 1.35. The molecule has 0 unspecified atom stereocenters. The van der Waals surface area contributed by atoms with Gasteiger partial charge in [-0.05, 0) is 6.92 Å². The number of anilines is 2. The number of alkyl halides is 3. The highest BCUT2D eigenvalue weighted by Gasteiger charge is 2.32. The van der Waals surface area contributed by atoms with Crippen LogP contribution in [0, 0.1) is 0 Å². The Morgan fingerprint density at radius 3 is 2.53 bits per heavy atom. The second kappa shape index (κ2) is 5.07. The van der Waals surface area contributed by atoms with Gasteiger partial charge in [-0.1, -0.05) is 0 Å². The molecule has 96 valence electrons. The number of halogens is 3. The van der Waals surface area contributed by atoms with Crippen LogP contribution in [0.25, 0.3) is 0 Å². The van der Waals surface area contributed by atoms with E-state index in [4.69, 9.17) is 10.5 Å². The van der Waals surface area contributed by atoms with E-state index < -0.39 is 12.7 Å². The van der Waals surface area contributed by atoms with Crippen LogP contribution >= 0.6 is 0 Å². The fourth-order valence-electron chi connectivity index (χ4n) is 1.35. The van der Waals surface area contributed by atoms with Crippen molar-refractivity contribution in [2.45, 2.75) is 13.1 Å². The fraction of sp³-hybridized carbons (Fsp3) is 0.556. The maximum Gasteiger partial charge on any atom is 0.405 e. The van der Waals surface area contributed by atoms with Crippen LogP contribution in [0.1, 0.15) is 6.92 Å². The van der Waals surface area contributed by atoms with Crippen LogP contribution in [0.5, 0.6) is 5.75 Å². The summed E-state index contributed by atoms with van der Waals surface area (Å²) >= 11 is 0. The van der Waals surface area contributed by atoms with Crippen LogP contribution < -0.4 is 15.4 Å². The van der Waals surface area contributed by atoms with Gasteiger partial charge in [0.05, 0.1) is 7.11 Å². The first kappa shape index (κ1) is 13.3. The molecule has 1 aromatic rings. The minimum atomic E-state index is -4.32. The van der Waals surface area contributed by atoms with Gasteiger partial charge in [0.15, 0.2) is 11.6 Å². The van der Waals surface area contributed by atoms with Crippen molar-refractivity contribution in [2.24, 2.45) is 0 Å². The van der Waals surface area contributed by atoms with Crippen molar-refractivity contribution in [3.63, 3.8) is 0 Å². The molecule has 0 bridgehead atoms. The average molecular weight is 250 g/mol. The Labute approximate surface area is 96.4 Å². The predicted octanol–water partition coefficient (Wildman–Crippen LogP) is 1.46. The van der Waals surface area contributed by atoms with Gasteiger partial charge < -0.3 is 15.4 Å². The van der Waals surface area contributed by atoms with Crippen LogP contribution in [0.3, 0.4) is 0 Å². The molecule has 1 rings (SSSR count). The van der Waals surface area contributed by atoms with Crippen LogP contribution in [0.2, 0.25) is 0 Å². The normalized spacial score (nSPS) is 11.4. The van der Waals surface area contributed by atoms with E-state index in [9.17, 15) is 13.2 Å². The summed E-state index contributed by atoms with van der Waals surface area (Å²) in [4.78, 5) is 8.46. The molecule has 0 aliphatic heterocycles. The van der Waals surface area contributed by atoms with E-state index in [0.717, 1.165) is 11.2 Å². The highest BCUT2D eigenvalue weighted by molar-refractivity contribution is 5.62. The number of nitrogens with two attached hydrogens (primary N) is 1. The molecule has 8 heteroatoms. The number of hydrogen-bond acceptors (Lipinski definition) is 5. The minimum Gasteiger partial charge on any atom is -0.490 e. The van der Waals surface area contributed by atoms with E-state index in [-0.39, 0.29) is 23.9 Å². The summed E-state index contributed by atoms with van der Waals surface area (Å²) in [6.45, 7) is 0.603. The molecule has 1 aromatic heterocycles. The van der Waals surface area contributed by atoms with Gasteiger partial charge in [0.1, 0.15) is 12.9 Å². The summed E-state index contributed by atoms with van der Waals surface area (Å²) in [5, 5.41) is 0. The molecule has 0 amide bonds. The number of hydrogen-bond donors (Lipinski definition) is 1. The first-order valence-electron chi connectivity index (χ1n) is 4.85. The van der Waals surface area contributed by atoms with E-state index in [1.165, 1.54) is 7.11 Å². The van der Waals surface area contributed by atoms with Gasteiger partial charge in [-0.15, -0.1) is 0 Å². The Morgan fingerprint density at radius 1 is 1.41 bits per heavy atom. The quantitative estimate of drug-likeness (QED) is 0.876. The molecule has 0 aliphatic rings. The van der Waals surface area contributed by atoms with Crippen molar-refractivity contribution >= 4 is 11.6 Å². The molecule has 0 spiro atoms. The van der Waals surface area contributed by atoms with Gasteiger partial charge in [-0.3, -0.25) is 0 Å². The summed E-state index contributed by atoms with van der Waals surface area (Å²) in [5.74, 6) is 0.108. The SMILES string of the molecule is CCN(CC(F)(F)F)c1ncnc(N)c1OC. The lowest BCUT2D eigenvalue weighted by atomic mass is 10.4. The summed E-state index contributed by atoms with van der Waals surface area (Å²) in [6, 6.07) is 0. The number of nitrogen functional groups attached to an aromatic ring is 1. The Kier molecular flexibility index (Phi) is 3.97. The first-order valence-corrected chi connectivity index (χ1v) is 4.85. The van der Waals surface area contributed by atoms with Crippen LogP contribution in [0.4, 0.5) is 24.8 Å². The van der Waals surface area contributed by atoms with E-state index in [1.807, 2.05) is 0 Å². The van der Waals surface area contributed by atoms with Gasteiger partial charge in [0, 0.05) is 6.54 Å². The summed E-state index contributed by atoms with van der Waals surface area (Å²) in [6.07, 6.45) is -3.22. The number of aromatic nitrogens is 2. The summed E-state index contributed by atoms with van der Waals surface area (Å²) in [5.41, 5.74) is 5.50. The number of ether oxygens (including phenoxy) is 1. The monoisotopic (exact) mass is 250 g/mol. The van der Waals surface area contributed by atoms with Gasteiger partial charge in [0.2, 0.25) is 5.75 Å². The largest absolute Gasteiger partial charge is 0.490 e. The highest BCUT2D eigenvalue weighted by atomic mass is 19.4. The molecule has 0 saturated carbocycles. The molecule has 0 aromatic carbocycles. The third kappa shape index (κ3) is 3.36. The molecule has 17 heavy (non-hydrogen) atoms. The molecular weight excluding hydrogens is 237 g/mol. The van der Waals surface area contributed by atoms with Crippen molar-refractivity contribution in [2.75, 3.05) is 30.8 Å². The van der Waals surface area contributed by atoms with Crippen LogP contribution in [-0.4, -0.2) is 36.3 Å². The predicted molar refractivity (Wildman–Crippen MR) is 56.9 cm³/mol. The smallest absolute Gasteiger partial charge is 0.405 e. The maximum atomic E-state index is 12.4. The zero-order valence-electron chi connectivity index (χ0n) is 9.45. The summed E-state index contributed by atoms with van der Waals surface area (Å²) < 4.78 is 42.0. The average Bonchev–Trinajstić information content (AvgIpc) is 2.24. The Bertz CT molecular complexity index is 383. The lowest BCUT2D eigenvalue weighted by Gasteiger charge is -2.24. The Balaban J connectivity index is 3.07. The van der Waals surface area contributed by atoms with Crippen molar-refractivity contribution < 1.29 is 17.9 Å².